The lowest BCUT2D eigenvalue weighted by atomic mass is 9.87. The molecule has 3 heteroatoms. The quantitative estimate of drug-likeness (QED) is 0.351. The van der Waals surface area contributed by atoms with Crippen LogP contribution in [0, 0.1) is 0 Å². The summed E-state index contributed by atoms with van der Waals surface area (Å²) < 4.78 is 0. The molecule has 0 aromatic heterocycles. The van der Waals surface area contributed by atoms with Gasteiger partial charge >= 0.3 is 0 Å². The molecule has 0 saturated heterocycles. The zero-order valence-electron chi connectivity index (χ0n) is 18.0. The maximum Gasteiger partial charge on any atom is 0.0449 e. The van der Waals surface area contributed by atoms with E-state index in [1.165, 1.54) is 26.5 Å². The minimum absolute atomic E-state index is 0.0864. The summed E-state index contributed by atoms with van der Waals surface area (Å²) in [5.74, 6) is 0. The van der Waals surface area contributed by atoms with E-state index in [9.17, 15) is 0 Å². The normalized spacial score (nSPS) is 11.6. The van der Waals surface area contributed by atoms with Gasteiger partial charge in [-0.25, -0.2) is 0 Å². The Kier molecular flexibility index (Phi) is 8.44. The van der Waals surface area contributed by atoms with Crippen LogP contribution in [0.3, 0.4) is 0 Å². The SMILES string of the molecule is CCC(N)(CC)CCc1ccc(Sc2cccc(CCc3ccccc3)c2)cc1Cl. The summed E-state index contributed by atoms with van der Waals surface area (Å²) in [5, 5.41) is 0.842. The van der Waals surface area contributed by atoms with Crippen LogP contribution in [-0.2, 0) is 19.3 Å². The van der Waals surface area contributed by atoms with Crippen LogP contribution in [0.4, 0.5) is 0 Å². The van der Waals surface area contributed by atoms with Crippen molar-refractivity contribution in [3.05, 3.63) is 94.5 Å². The first-order chi connectivity index (χ1) is 14.5. The van der Waals surface area contributed by atoms with Crippen LogP contribution in [0.5, 0.6) is 0 Å². The number of aryl methyl sites for hydroxylation is 3. The maximum atomic E-state index is 6.61. The molecule has 3 rings (SSSR count). The Morgan fingerprint density at radius 1 is 0.767 bits per heavy atom. The van der Waals surface area contributed by atoms with Gasteiger partial charge in [0, 0.05) is 20.4 Å². The molecular weight excluding hydrogens is 406 g/mol. The van der Waals surface area contributed by atoms with E-state index in [1.54, 1.807) is 11.8 Å². The third-order valence-electron chi connectivity index (χ3n) is 6.00. The molecule has 3 aromatic rings. The maximum absolute atomic E-state index is 6.61. The molecule has 158 valence electrons. The van der Waals surface area contributed by atoms with Gasteiger partial charge in [-0.15, -0.1) is 0 Å². The second-order valence-corrected chi connectivity index (χ2v) is 9.61. The van der Waals surface area contributed by atoms with Crippen LogP contribution in [0.1, 0.15) is 49.8 Å². The highest BCUT2D eigenvalue weighted by Crippen LogP contribution is 2.32. The highest BCUT2D eigenvalue weighted by Gasteiger charge is 2.20. The van der Waals surface area contributed by atoms with Gasteiger partial charge in [-0.05, 0) is 79.5 Å². The van der Waals surface area contributed by atoms with Crippen LogP contribution in [-0.4, -0.2) is 5.54 Å². The Hall–Kier alpha value is -1.74. The fourth-order valence-electron chi connectivity index (χ4n) is 3.62. The van der Waals surface area contributed by atoms with Crippen molar-refractivity contribution >= 4 is 23.4 Å². The molecule has 0 amide bonds. The Morgan fingerprint density at radius 3 is 2.13 bits per heavy atom. The smallest absolute Gasteiger partial charge is 0.0449 e. The fourth-order valence-corrected chi connectivity index (χ4v) is 4.90. The van der Waals surface area contributed by atoms with E-state index >= 15 is 0 Å². The number of benzene rings is 3. The molecule has 0 bridgehead atoms. The number of halogens is 1. The summed E-state index contributed by atoms with van der Waals surface area (Å²) >= 11 is 8.38. The van der Waals surface area contributed by atoms with Gasteiger partial charge in [-0.3, -0.25) is 0 Å². The lowest BCUT2D eigenvalue weighted by Crippen LogP contribution is -2.38. The molecule has 0 aliphatic carbocycles. The van der Waals surface area contributed by atoms with Gasteiger partial charge in [0.05, 0.1) is 0 Å². The van der Waals surface area contributed by atoms with Crippen molar-refractivity contribution in [3.63, 3.8) is 0 Å². The van der Waals surface area contributed by atoms with Crippen LogP contribution in [0.2, 0.25) is 5.02 Å². The molecule has 30 heavy (non-hydrogen) atoms. The molecule has 0 radical (unpaired) electrons. The third-order valence-corrected chi connectivity index (χ3v) is 7.34. The zero-order chi connectivity index (χ0) is 21.4. The molecule has 0 atom stereocenters. The molecule has 0 unspecified atom stereocenters. The van der Waals surface area contributed by atoms with Crippen molar-refractivity contribution in [2.75, 3.05) is 0 Å². The Balaban J connectivity index is 1.61. The van der Waals surface area contributed by atoms with Gasteiger partial charge in [-0.2, -0.15) is 0 Å². The van der Waals surface area contributed by atoms with E-state index in [4.69, 9.17) is 17.3 Å². The van der Waals surface area contributed by atoms with Crippen molar-refractivity contribution in [1.29, 1.82) is 0 Å². The van der Waals surface area contributed by atoms with Gasteiger partial charge in [-0.1, -0.05) is 85.7 Å². The van der Waals surface area contributed by atoms with Crippen LogP contribution in [0.15, 0.2) is 82.6 Å². The zero-order valence-corrected chi connectivity index (χ0v) is 19.6. The van der Waals surface area contributed by atoms with E-state index in [2.05, 4.69) is 86.6 Å². The molecule has 1 nitrogen and oxygen atoms in total. The molecule has 0 spiro atoms. The number of hydrogen-bond donors (Lipinski definition) is 1. The van der Waals surface area contributed by atoms with Gasteiger partial charge in [0.1, 0.15) is 0 Å². The van der Waals surface area contributed by atoms with Crippen molar-refractivity contribution in [3.8, 4) is 0 Å². The van der Waals surface area contributed by atoms with Gasteiger partial charge in [0.25, 0.3) is 0 Å². The summed E-state index contributed by atoms with van der Waals surface area (Å²) in [6.07, 6.45) is 6.00. The van der Waals surface area contributed by atoms with E-state index in [0.29, 0.717) is 0 Å². The molecule has 0 aliphatic rings. The standard InChI is InChI=1S/C27H32ClNS/c1-3-27(29,4-2)18-17-23-15-16-25(20-26(23)28)30-24-12-8-11-22(19-24)14-13-21-9-6-5-7-10-21/h5-12,15-16,19-20H,3-4,13-14,17-18,29H2,1-2H3. The van der Waals surface area contributed by atoms with Gasteiger partial charge < -0.3 is 5.73 Å². The van der Waals surface area contributed by atoms with Crippen molar-refractivity contribution in [2.45, 2.75) is 67.7 Å². The fraction of sp³-hybridized carbons (Fsp3) is 0.333. The summed E-state index contributed by atoms with van der Waals surface area (Å²) in [7, 11) is 0. The number of hydrogen-bond acceptors (Lipinski definition) is 2. The summed E-state index contributed by atoms with van der Waals surface area (Å²) in [5.41, 5.74) is 10.3. The summed E-state index contributed by atoms with van der Waals surface area (Å²) in [6, 6.07) is 25.9. The Morgan fingerprint density at radius 2 is 1.43 bits per heavy atom. The number of nitrogens with two attached hydrogens (primary N) is 1. The predicted molar refractivity (Wildman–Crippen MR) is 132 cm³/mol. The first kappa shape index (κ1) is 22.9. The van der Waals surface area contributed by atoms with E-state index in [0.717, 1.165) is 43.5 Å². The summed E-state index contributed by atoms with van der Waals surface area (Å²) in [6.45, 7) is 4.33. The van der Waals surface area contributed by atoms with Crippen molar-refractivity contribution in [2.24, 2.45) is 5.73 Å². The van der Waals surface area contributed by atoms with Crippen LogP contribution >= 0.6 is 23.4 Å². The number of rotatable bonds is 10. The van der Waals surface area contributed by atoms with Crippen molar-refractivity contribution < 1.29 is 0 Å². The molecule has 0 heterocycles. The van der Waals surface area contributed by atoms with E-state index < -0.39 is 0 Å². The van der Waals surface area contributed by atoms with Gasteiger partial charge in [0.15, 0.2) is 0 Å². The minimum atomic E-state index is -0.0864. The van der Waals surface area contributed by atoms with E-state index in [1.807, 2.05) is 0 Å². The highest BCUT2D eigenvalue weighted by molar-refractivity contribution is 7.99. The monoisotopic (exact) mass is 437 g/mol. The van der Waals surface area contributed by atoms with Gasteiger partial charge in [0.2, 0.25) is 0 Å². The predicted octanol–water partition coefficient (Wildman–Crippen LogP) is 7.73. The molecule has 3 aromatic carbocycles. The Bertz CT molecular complexity index is 935. The average Bonchev–Trinajstić information content (AvgIpc) is 2.78. The lowest BCUT2D eigenvalue weighted by Gasteiger charge is -2.26. The first-order valence-corrected chi connectivity index (χ1v) is 12.1. The Labute approximate surface area is 191 Å². The van der Waals surface area contributed by atoms with Crippen LogP contribution < -0.4 is 5.73 Å². The molecule has 0 saturated carbocycles. The second-order valence-electron chi connectivity index (χ2n) is 8.06. The topological polar surface area (TPSA) is 26.0 Å². The van der Waals surface area contributed by atoms with E-state index in [-0.39, 0.29) is 5.54 Å². The second kappa shape index (κ2) is 11.0. The first-order valence-electron chi connectivity index (χ1n) is 10.9. The average molecular weight is 438 g/mol. The minimum Gasteiger partial charge on any atom is -0.325 e. The van der Waals surface area contributed by atoms with Crippen molar-refractivity contribution in [1.82, 2.24) is 0 Å². The van der Waals surface area contributed by atoms with Crippen LogP contribution in [0.25, 0.3) is 0 Å². The molecule has 0 aliphatic heterocycles. The molecule has 2 N–H and O–H groups in total. The largest absolute Gasteiger partial charge is 0.325 e. The highest BCUT2D eigenvalue weighted by atomic mass is 35.5. The third kappa shape index (κ3) is 6.63. The summed E-state index contributed by atoms with van der Waals surface area (Å²) in [4.78, 5) is 2.43. The molecular formula is C27H32ClNS. The molecule has 0 fully saturated rings. The lowest BCUT2D eigenvalue weighted by molar-refractivity contribution is 0.367.